The molecule has 0 aliphatic carbocycles. The van der Waals surface area contributed by atoms with Crippen LogP contribution in [-0.4, -0.2) is 30.6 Å². The highest BCUT2D eigenvalue weighted by atomic mass is 19.1. The van der Waals surface area contributed by atoms with Gasteiger partial charge in [-0.15, -0.1) is 0 Å². The maximum Gasteiger partial charge on any atom is 0.291 e. The predicted octanol–water partition coefficient (Wildman–Crippen LogP) is 5.00. The van der Waals surface area contributed by atoms with E-state index < -0.39 is 11.7 Å². The van der Waals surface area contributed by atoms with Crippen molar-refractivity contribution in [3.05, 3.63) is 96.2 Å². The van der Waals surface area contributed by atoms with Gasteiger partial charge in [0, 0.05) is 42.4 Å². The molecule has 168 valence electrons. The number of fused-ring (bicyclic) bond motifs is 1. The number of benzene rings is 2. The third-order valence-electron chi connectivity index (χ3n) is 5.22. The van der Waals surface area contributed by atoms with E-state index in [0.29, 0.717) is 5.69 Å². The Morgan fingerprint density at radius 2 is 1.88 bits per heavy atom. The predicted molar refractivity (Wildman–Crippen MR) is 130 cm³/mol. The standard InChI is InChI=1S/C25H20FN7O/c1-33-13-12-28-24(33)25(34)30-23-15-18(6-9-20(23)26)29-17-5-8-19-21(31-32-22(19)14-17)10-7-16-4-2-3-11-27-16/h2-15,29H,1H3,(H,30,34)(H,31,32). The number of hydrogen-bond acceptors (Lipinski definition) is 5. The van der Waals surface area contributed by atoms with Crippen LogP contribution in [0.3, 0.4) is 0 Å². The molecule has 34 heavy (non-hydrogen) atoms. The highest BCUT2D eigenvalue weighted by Gasteiger charge is 2.14. The van der Waals surface area contributed by atoms with Crippen LogP contribution in [0.15, 0.2) is 73.2 Å². The van der Waals surface area contributed by atoms with Gasteiger partial charge in [-0.3, -0.25) is 14.9 Å². The first kappa shape index (κ1) is 21.1. The number of nitrogens with one attached hydrogen (secondary N) is 3. The van der Waals surface area contributed by atoms with Gasteiger partial charge in [0.1, 0.15) is 5.82 Å². The van der Waals surface area contributed by atoms with Gasteiger partial charge in [-0.05, 0) is 60.7 Å². The van der Waals surface area contributed by atoms with Crippen LogP contribution in [0, 0.1) is 5.82 Å². The quantitative estimate of drug-likeness (QED) is 0.336. The van der Waals surface area contributed by atoms with E-state index in [0.717, 1.165) is 28.0 Å². The molecule has 0 spiro atoms. The Kier molecular flexibility index (Phi) is 5.57. The number of aryl methyl sites for hydroxylation is 1. The van der Waals surface area contributed by atoms with E-state index >= 15 is 0 Å². The van der Waals surface area contributed by atoms with Gasteiger partial charge < -0.3 is 15.2 Å². The fourth-order valence-corrected chi connectivity index (χ4v) is 3.51. The van der Waals surface area contributed by atoms with E-state index in [1.54, 1.807) is 30.1 Å². The lowest BCUT2D eigenvalue weighted by molar-refractivity contribution is 0.101. The number of H-pyrrole nitrogens is 1. The van der Waals surface area contributed by atoms with E-state index in [9.17, 15) is 9.18 Å². The lowest BCUT2D eigenvalue weighted by Gasteiger charge is -2.11. The number of aromatic nitrogens is 5. The van der Waals surface area contributed by atoms with Gasteiger partial charge in [-0.25, -0.2) is 9.37 Å². The molecule has 9 heteroatoms. The summed E-state index contributed by atoms with van der Waals surface area (Å²) >= 11 is 0. The van der Waals surface area contributed by atoms with Gasteiger partial charge in [0.25, 0.3) is 5.91 Å². The minimum atomic E-state index is -0.540. The highest BCUT2D eigenvalue weighted by Crippen LogP contribution is 2.26. The molecule has 3 N–H and O–H groups in total. The number of rotatable bonds is 6. The van der Waals surface area contributed by atoms with Crippen LogP contribution in [0.1, 0.15) is 22.0 Å². The number of anilines is 3. The molecule has 1 amide bonds. The van der Waals surface area contributed by atoms with Crippen LogP contribution in [0.2, 0.25) is 0 Å². The van der Waals surface area contributed by atoms with E-state index in [1.165, 1.54) is 18.3 Å². The summed E-state index contributed by atoms with van der Waals surface area (Å²) in [6.07, 6.45) is 8.71. The van der Waals surface area contributed by atoms with Crippen molar-refractivity contribution >= 4 is 46.0 Å². The number of aromatic amines is 1. The Hall–Kier alpha value is -4.79. The van der Waals surface area contributed by atoms with Crippen molar-refractivity contribution in [1.82, 2.24) is 24.7 Å². The fourth-order valence-electron chi connectivity index (χ4n) is 3.51. The molecule has 0 saturated carbocycles. The summed E-state index contributed by atoms with van der Waals surface area (Å²) in [5.74, 6) is -0.842. The monoisotopic (exact) mass is 453 g/mol. The molecule has 3 heterocycles. The Bertz CT molecular complexity index is 1500. The average Bonchev–Trinajstić information content (AvgIpc) is 3.46. The number of carbonyl (C=O) groups excluding carboxylic acids is 1. The first-order chi connectivity index (χ1) is 16.6. The van der Waals surface area contributed by atoms with E-state index in [-0.39, 0.29) is 11.5 Å². The largest absolute Gasteiger partial charge is 0.355 e. The van der Waals surface area contributed by atoms with Crippen LogP contribution in [0.5, 0.6) is 0 Å². The van der Waals surface area contributed by atoms with Gasteiger partial charge in [-0.2, -0.15) is 5.10 Å². The van der Waals surface area contributed by atoms with Crippen molar-refractivity contribution < 1.29 is 9.18 Å². The molecule has 0 fully saturated rings. The SMILES string of the molecule is Cn1ccnc1C(=O)Nc1cc(Nc2ccc3c(C=Cc4ccccn4)n[nH]c3c2)ccc1F. The van der Waals surface area contributed by atoms with Crippen LogP contribution in [0.25, 0.3) is 23.1 Å². The smallest absolute Gasteiger partial charge is 0.291 e. The first-order valence-electron chi connectivity index (χ1n) is 10.5. The summed E-state index contributed by atoms with van der Waals surface area (Å²) in [7, 11) is 1.70. The van der Waals surface area contributed by atoms with Crippen molar-refractivity contribution in [2.45, 2.75) is 0 Å². The summed E-state index contributed by atoms with van der Waals surface area (Å²) < 4.78 is 15.9. The highest BCUT2D eigenvalue weighted by molar-refractivity contribution is 6.02. The summed E-state index contributed by atoms with van der Waals surface area (Å²) in [4.78, 5) is 20.7. The molecule has 2 aromatic carbocycles. The second-order valence-electron chi connectivity index (χ2n) is 7.59. The molecule has 0 aliphatic rings. The molecule has 5 aromatic rings. The second kappa shape index (κ2) is 8.99. The molecule has 0 unspecified atom stereocenters. The number of amides is 1. The van der Waals surface area contributed by atoms with Crippen LogP contribution in [-0.2, 0) is 7.05 Å². The number of imidazole rings is 1. The van der Waals surface area contributed by atoms with Crippen molar-refractivity contribution in [2.24, 2.45) is 7.05 Å². The molecule has 0 atom stereocenters. The van der Waals surface area contributed by atoms with Gasteiger partial charge in [0.05, 0.1) is 22.6 Å². The second-order valence-corrected chi connectivity index (χ2v) is 7.59. The lowest BCUT2D eigenvalue weighted by atomic mass is 10.1. The molecule has 8 nitrogen and oxygen atoms in total. The van der Waals surface area contributed by atoms with Crippen molar-refractivity contribution in [3.8, 4) is 0 Å². The number of hydrogen-bond donors (Lipinski definition) is 3. The van der Waals surface area contributed by atoms with Crippen LogP contribution >= 0.6 is 0 Å². The molecule has 5 rings (SSSR count). The molecule has 0 radical (unpaired) electrons. The zero-order chi connectivity index (χ0) is 23.5. The van der Waals surface area contributed by atoms with E-state index in [2.05, 4.69) is 30.8 Å². The summed E-state index contributed by atoms with van der Waals surface area (Å²) in [6, 6.07) is 15.9. The minimum Gasteiger partial charge on any atom is -0.355 e. The van der Waals surface area contributed by atoms with E-state index in [4.69, 9.17) is 0 Å². The molecule has 0 aliphatic heterocycles. The minimum absolute atomic E-state index is 0.0579. The summed E-state index contributed by atoms with van der Waals surface area (Å²) in [5.41, 5.74) is 3.95. The first-order valence-corrected chi connectivity index (χ1v) is 10.5. The summed E-state index contributed by atoms with van der Waals surface area (Å²) in [5, 5.41) is 14.2. The Balaban J connectivity index is 1.34. The topological polar surface area (TPSA) is 101 Å². The molecule has 3 aromatic heterocycles. The van der Waals surface area contributed by atoms with Gasteiger partial charge in [0.15, 0.2) is 5.82 Å². The third kappa shape index (κ3) is 4.40. The Morgan fingerprint density at radius 1 is 1.03 bits per heavy atom. The van der Waals surface area contributed by atoms with E-state index in [1.807, 2.05) is 48.6 Å². The molecular formula is C25H20FN7O. The molecule has 0 saturated heterocycles. The summed E-state index contributed by atoms with van der Waals surface area (Å²) in [6.45, 7) is 0. The average molecular weight is 453 g/mol. The fraction of sp³-hybridized carbons (Fsp3) is 0.0400. The number of halogens is 1. The maximum absolute atomic E-state index is 14.3. The molecule has 0 bridgehead atoms. The Labute approximate surface area is 194 Å². The van der Waals surface area contributed by atoms with Gasteiger partial charge in [0.2, 0.25) is 0 Å². The third-order valence-corrected chi connectivity index (χ3v) is 5.22. The zero-order valence-electron chi connectivity index (χ0n) is 18.2. The van der Waals surface area contributed by atoms with Gasteiger partial charge in [-0.1, -0.05) is 6.07 Å². The number of pyridine rings is 1. The zero-order valence-corrected chi connectivity index (χ0v) is 18.2. The Morgan fingerprint density at radius 3 is 2.68 bits per heavy atom. The lowest BCUT2D eigenvalue weighted by Crippen LogP contribution is -2.17. The normalized spacial score (nSPS) is 11.2. The molecular weight excluding hydrogens is 433 g/mol. The van der Waals surface area contributed by atoms with Crippen molar-refractivity contribution in [3.63, 3.8) is 0 Å². The van der Waals surface area contributed by atoms with Crippen LogP contribution < -0.4 is 10.6 Å². The van der Waals surface area contributed by atoms with Crippen molar-refractivity contribution in [2.75, 3.05) is 10.6 Å². The van der Waals surface area contributed by atoms with Crippen molar-refractivity contribution in [1.29, 1.82) is 0 Å². The number of nitrogens with zero attached hydrogens (tertiary/aromatic N) is 4. The maximum atomic E-state index is 14.3. The van der Waals surface area contributed by atoms with Gasteiger partial charge >= 0.3 is 0 Å². The van der Waals surface area contributed by atoms with Crippen LogP contribution in [0.4, 0.5) is 21.5 Å². The number of carbonyl (C=O) groups is 1.